The van der Waals surface area contributed by atoms with Gasteiger partial charge in [-0.2, -0.15) is 0 Å². The van der Waals surface area contributed by atoms with Crippen molar-refractivity contribution in [2.45, 2.75) is 13.3 Å². The standard InChI is InChI=1S/C11H13ClN2O3/c1-2-17-11(16)14-13-10(15)7-8-4-3-5-9(12)6-8/h3-6H,2,7H2,1H3,(H,13,15)(H,14,16). The first kappa shape index (κ1) is 13.3. The van der Waals surface area contributed by atoms with Crippen LogP contribution >= 0.6 is 11.6 Å². The molecule has 0 aliphatic rings. The fourth-order valence-electron chi connectivity index (χ4n) is 1.16. The van der Waals surface area contributed by atoms with Gasteiger partial charge >= 0.3 is 6.09 Å². The number of nitrogens with one attached hydrogen (secondary N) is 2. The number of rotatable bonds is 3. The largest absolute Gasteiger partial charge is 0.449 e. The smallest absolute Gasteiger partial charge is 0.426 e. The summed E-state index contributed by atoms with van der Waals surface area (Å²) in [4.78, 5) is 22.3. The highest BCUT2D eigenvalue weighted by atomic mass is 35.5. The lowest BCUT2D eigenvalue weighted by Crippen LogP contribution is -2.42. The first-order valence-corrected chi connectivity index (χ1v) is 5.45. The molecule has 0 radical (unpaired) electrons. The van der Waals surface area contributed by atoms with E-state index in [1.165, 1.54) is 0 Å². The molecule has 0 aromatic heterocycles. The van der Waals surface area contributed by atoms with Gasteiger partial charge in [-0.25, -0.2) is 10.2 Å². The van der Waals surface area contributed by atoms with Crippen molar-refractivity contribution >= 4 is 23.6 Å². The van der Waals surface area contributed by atoms with E-state index >= 15 is 0 Å². The normalized spacial score (nSPS) is 9.53. The van der Waals surface area contributed by atoms with E-state index < -0.39 is 6.09 Å². The molecular formula is C11H13ClN2O3. The number of ether oxygens (including phenoxy) is 1. The second-order valence-corrected chi connectivity index (χ2v) is 3.64. The Hall–Kier alpha value is -1.75. The Morgan fingerprint density at radius 2 is 2.12 bits per heavy atom. The first-order chi connectivity index (χ1) is 8.11. The molecule has 1 rings (SSSR count). The second kappa shape index (κ2) is 6.75. The molecule has 2 N–H and O–H groups in total. The average molecular weight is 257 g/mol. The van der Waals surface area contributed by atoms with Gasteiger partial charge in [-0.05, 0) is 24.6 Å². The lowest BCUT2D eigenvalue weighted by atomic mass is 10.1. The number of benzene rings is 1. The summed E-state index contributed by atoms with van der Waals surface area (Å²) in [7, 11) is 0. The van der Waals surface area contributed by atoms with Crippen molar-refractivity contribution in [1.82, 2.24) is 10.9 Å². The monoisotopic (exact) mass is 256 g/mol. The Balaban J connectivity index is 2.37. The summed E-state index contributed by atoms with van der Waals surface area (Å²) in [6, 6.07) is 6.94. The zero-order valence-electron chi connectivity index (χ0n) is 9.33. The van der Waals surface area contributed by atoms with Crippen molar-refractivity contribution in [2.75, 3.05) is 6.61 Å². The molecular weight excluding hydrogens is 244 g/mol. The van der Waals surface area contributed by atoms with Crippen LogP contribution in [0.4, 0.5) is 4.79 Å². The van der Waals surface area contributed by atoms with Crippen LogP contribution in [-0.2, 0) is 16.0 Å². The van der Waals surface area contributed by atoms with Gasteiger partial charge in [-0.3, -0.25) is 10.2 Å². The van der Waals surface area contributed by atoms with Gasteiger partial charge in [-0.15, -0.1) is 0 Å². The third-order valence-electron chi connectivity index (χ3n) is 1.83. The number of carbonyl (C=O) groups is 2. The number of hydrazine groups is 1. The zero-order chi connectivity index (χ0) is 12.7. The van der Waals surface area contributed by atoms with Gasteiger partial charge < -0.3 is 4.74 Å². The molecule has 0 bridgehead atoms. The van der Waals surface area contributed by atoms with E-state index in [2.05, 4.69) is 15.6 Å². The van der Waals surface area contributed by atoms with Gasteiger partial charge in [0.1, 0.15) is 0 Å². The molecule has 0 aliphatic heterocycles. The molecule has 92 valence electrons. The van der Waals surface area contributed by atoms with Crippen LogP contribution in [0, 0.1) is 0 Å². The van der Waals surface area contributed by atoms with Gasteiger partial charge in [0, 0.05) is 5.02 Å². The fourth-order valence-corrected chi connectivity index (χ4v) is 1.38. The Morgan fingerprint density at radius 1 is 1.35 bits per heavy atom. The van der Waals surface area contributed by atoms with Crippen LogP contribution in [0.25, 0.3) is 0 Å². The van der Waals surface area contributed by atoms with Crippen LogP contribution in [0.2, 0.25) is 5.02 Å². The Kier molecular flexibility index (Phi) is 5.29. The maximum Gasteiger partial charge on any atom is 0.426 e. The minimum Gasteiger partial charge on any atom is -0.449 e. The highest BCUT2D eigenvalue weighted by Gasteiger charge is 2.05. The summed E-state index contributed by atoms with van der Waals surface area (Å²) in [5.74, 6) is -0.347. The van der Waals surface area contributed by atoms with Gasteiger partial charge in [0.2, 0.25) is 5.91 Å². The molecule has 6 heteroatoms. The van der Waals surface area contributed by atoms with Crippen molar-refractivity contribution in [2.24, 2.45) is 0 Å². The topological polar surface area (TPSA) is 67.4 Å². The van der Waals surface area contributed by atoms with Crippen LogP contribution < -0.4 is 10.9 Å². The highest BCUT2D eigenvalue weighted by molar-refractivity contribution is 6.30. The van der Waals surface area contributed by atoms with E-state index in [1.54, 1.807) is 31.2 Å². The van der Waals surface area contributed by atoms with Crippen LogP contribution in [0.15, 0.2) is 24.3 Å². The second-order valence-electron chi connectivity index (χ2n) is 3.20. The molecule has 0 saturated carbocycles. The number of amides is 2. The van der Waals surface area contributed by atoms with E-state index in [0.29, 0.717) is 5.02 Å². The predicted molar refractivity (Wildman–Crippen MR) is 63.5 cm³/mol. The van der Waals surface area contributed by atoms with E-state index in [9.17, 15) is 9.59 Å². The van der Waals surface area contributed by atoms with Crippen molar-refractivity contribution in [3.05, 3.63) is 34.9 Å². The first-order valence-electron chi connectivity index (χ1n) is 5.08. The lowest BCUT2D eigenvalue weighted by Gasteiger charge is -2.07. The van der Waals surface area contributed by atoms with Crippen LogP contribution in [0.3, 0.4) is 0 Å². The molecule has 0 heterocycles. The van der Waals surface area contributed by atoms with E-state index in [1.807, 2.05) is 0 Å². The molecule has 0 saturated heterocycles. The van der Waals surface area contributed by atoms with Crippen molar-refractivity contribution in [3.63, 3.8) is 0 Å². The van der Waals surface area contributed by atoms with Gasteiger partial charge in [-0.1, -0.05) is 23.7 Å². The molecule has 0 unspecified atom stereocenters. The maximum atomic E-state index is 11.4. The summed E-state index contributed by atoms with van der Waals surface area (Å²) in [5.41, 5.74) is 5.12. The molecule has 2 amide bonds. The molecule has 0 aliphatic carbocycles. The van der Waals surface area contributed by atoms with Gasteiger partial charge in [0.25, 0.3) is 0 Å². The zero-order valence-corrected chi connectivity index (χ0v) is 10.1. The van der Waals surface area contributed by atoms with Crippen molar-refractivity contribution in [3.8, 4) is 0 Å². The van der Waals surface area contributed by atoms with Gasteiger partial charge in [0.15, 0.2) is 0 Å². The molecule has 17 heavy (non-hydrogen) atoms. The molecule has 1 aromatic carbocycles. The van der Waals surface area contributed by atoms with Crippen molar-refractivity contribution < 1.29 is 14.3 Å². The minimum atomic E-state index is -0.688. The summed E-state index contributed by atoms with van der Waals surface area (Å²) < 4.78 is 4.58. The third-order valence-corrected chi connectivity index (χ3v) is 2.07. The number of halogens is 1. The van der Waals surface area contributed by atoms with Gasteiger partial charge in [0.05, 0.1) is 13.0 Å². The van der Waals surface area contributed by atoms with E-state index in [4.69, 9.17) is 11.6 Å². The average Bonchev–Trinajstić information content (AvgIpc) is 2.27. The summed E-state index contributed by atoms with van der Waals surface area (Å²) in [5, 5.41) is 0.564. The van der Waals surface area contributed by atoms with Crippen LogP contribution in [-0.4, -0.2) is 18.6 Å². The third kappa shape index (κ3) is 5.21. The molecule has 0 spiro atoms. The number of carbonyl (C=O) groups excluding carboxylic acids is 2. The van der Waals surface area contributed by atoms with Crippen molar-refractivity contribution in [1.29, 1.82) is 0 Å². The molecule has 5 nitrogen and oxygen atoms in total. The predicted octanol–water partition coefficient (Wildman–Crippen LogP) is 1.66. The van der Waals surface area contributed by atoms with E-state index in [0.717, 1.165) is 5.56 Å². The van der Waals surface area contributed by atoms with Crippen LogP contribution in [0.1, 0.15) is 12.5 Å². The lowest BCUT2D eigenvalue weighted by molar-refractivity contribution is -0.121. The Labute approximate surface area is 104 Å². The van der Waals surface area contributed by atoms with E-state index in [-0.39, 0.29) is 18.9 Å². The maximum absolute atomic E-state index is 11.4. The molecule has 0 fully saturated rings. The quantitative estimate of drug-likeness (QED) is 0.809. The molecule has 0 atom stereocenters. The SMILES string of the molecule is CCOC(=O)NNC(=O)Cc1cccc(Cl)c1. The summed E-state index contributed by atoms with van der Waals surface area (Å²) in [6.07, 6.45) is -0.556. The summed E-state index contributed by atoms with van der Waals surface area (Å²) >= 11 is 5.78. The minimum absolute atomic E-state index is 0.132. The summed E-state index contributed by atoms with van der Waals surface area (Å²) in [6.45, 7) is 1.92. The highest BCUT2D eigenvalue weighted by Crippen LogP contribution is 2.10. The Morgan fingerprint density at radius 3 is 2.76 bits per heavy atom. The number of hydrogen-bond donors (Lipinski definition) is 2. The van der Waals surface area contributed by atoms with Crippen LogP contribution in [0.5, 0.6) is 0 Å². The Bertz CT molecular complexity index is 409. The molecule has 1 aromatic rings. The fraction of sp³-hybridized carbons (Fsp3) is 0.273. The number of hydrogen-bond acceptors (Lipinski definition) is 3.